The van der Waals surface area contributed by atoms with Gasteiger partial charge in [0, 0.05) is 36.5 Å². The van der Waals surface area contributed by atoms with E-state index in [0.29, 0.717) is 17.2 Å². The van der Waals surface area contributed by atoms with Crippen LogP contribution < -0.4 is 0 Å². The van der Waals surface area contributed by atoms with E-state index in [2.05, 4.69) is 28.3 Å². The van der Waals surface area contributed by atoms with Crippen molar-refractivity contribution in [3.05, 3.63) is 70.2 Å². The van der Waals surface area contributed by atoms with Crippen LogP contribution in [0.4, 0.5) is 0 Å². The lowest BCUT2D eigenvalue weighted by atomic mass is 9.97. The van der Waals surface area contributed by atoms with Gasteiger partial charge < -0.3 is 9.42 Å². The van der Waals surface area contributed by atoms with E-state index in [0.717, 1.165) is 53.5 Å². The van der Waals surface area contributed by atoms with Crippen LogP contribution in [0.25, 0.3) is 10.2 Å². The third-order valence-corrected chi connectivity index (χ3v) is 8.21. The van der Waals surface area contributed by atoms with Gasteiger partial charge in [0.25, 0.3) is 5.91 Å². The third-order valence-electron chi connectivity index (χ3n) is 5.98. The van der Waals surface area contributed by atoms with Gasteiger partial charge in [-0.2, -0.15) is 0 Å². The first-order valence-corrected chi connectivity index (χ1v) is 12.5. The number of piperidine rings is 1. The third kappa shape index (κ3) is 4.17. The Morgan fingerprint density at radius 3 is 2.75 bits per heavy atom. The number of hydrogen-bond donors (Lipinski definition) is 0. The number of thioether (sulfide) groups is 1. The molecule has 1 aliphatic rings. The van der Waals surface area contributed by atoms with Gasteiger partial charge in [0.1, 0.15) is 10.8 Å². The molecule has 8 heteroatoms. The van der Waals surface area contributed by atoms with Crippen LogP contribution in [0, 0.1) is 13.8 Å². The van der Waals surface area contributed by atoms with E-state index in [1.165, 1.54) is 9.71 Å². The summed E-state index contributed by atoms with van der Waals surface area (Å²) in [6.45, 7) is 5.33. The van der Waals surface area contributed by atoms with Crippen LogP contribution in [0.2, 0.25) is 0 Å². The maximum atomic E-state index is 13.3. The molecule has 1 aromatic carbocycles. The van der Waals surface area contributed by atoms with Crippen molar-refractivity contribution in [2.24, 2.45) is 0 Å². The molecule has 5 rings (SSSR count). The first kappa shape index (κ1) is 21.2. The Morgan fingerprint density at radius 2 is 2.00 bits per heavy atom. The second-order valence-electron chi connectivity index (χ2n) is 8.03. The van der Waals surface area contributed by atoms with Crippen LogP contribution in [0.1, 0.15) is 51.1 Å². The summed E-state index contributed by atoms with van der Waals surface area (Å²) < 4.78 is 6.49. The maximum absolute atomic E-state index is 13.3. The number of carbonyl (C=O) groups excluding carboxylic acids is 1. The Kier molecular flexibility index (Phi) is 5.97. The Balaban J connectivity index is 1.26. The lowest BCUT2D eigenvalue weighted by Gasteiger charge is -2.31. The number of aryl methyl sites for hydroxylation is 2. The van der Waals surface area contributed by atoms with Crippen LogP contribution in [-0.4, -0.2) is 39.0 Å². The van der Waals surface area contributed by atoms with Gasteiger partial charge >= 0.3 is 0 Å². The van der Waals surface area contributed by atoms with E-state index in [-0.39, 0.29) is 5.91 Å². The number of benzene rings is 1. The zero-order valence-electron chi connectivity index (χ0n) is 18.1. The highest BCUT2D eigenvalue weighted by Gasteiger charge is 2.28. The van der Waals surface area contributed by atoms with Crippen LogP contribution in [-0.2, 0) is 5.75 Å². The Bertz CT molecular complexity index is 1210. The molecular formula is C24H24N4O2S2. The second-order valence-corrected chi connectivity index (χ2v) is 10.1. The first-order chi connectivity index (χ1) is 15.6. The summed E-state index contributed by atoms with van der Waals surface area (Å²) in [6.07, 6.45) is 3.62. The monoisotopic (exact) mass is 464 g/mol. The molecule has 0 unspecified atom stereocenters. The summed E-state index contributed by atoms with van der Waals surface area (Å²) in [4.78, 5) is 24.6. The Labute approximate surface area is 195 Å². The molecule has 0 bridgehead atoms. The minimum atomic E-state index is 0.0575. The zero-order chi connectivity index (χ0) is 22.1. The van der Waals surface area contributed by atoms with Crippen LogP contribution in [0.3, 0.4) is 0 Å². The number of para-hydroxylation sites is 1. The zero-order valence-corrected chi connectivity index (χ0v) is 19.7. The van der Waals surface area contributed by atoms with Crippen LogP contribution >= 0.6 is 23.1 Å². The second kappa shape index (κ2) is 9.03. The van der Waals surface area contributed by atoms with E-state index in [1.807, 2.05) is 36.9 Å². The van der Waals surface area contributed by atoms with Crippen molar-refractivity contribution in [3.63, 3.8) is 0 Å². The molecule has 6 nitrogen and oxygen atoms in total. The highest BCUT2D eigenvalue weighted by Crippen LogP contribution is 2.35. The molecule has 1 saturated heterocycles. The molecule has 0 radical (unpaired) electrons. The van der Waals surface area contributed by atoms with Gasteiger partial charge in [0.15, 0.2) is 0 Å². The molecule has 32 heavy (non-hydrogen) atoms. The number of fused-ring (bicyclic) bond motifs is 1. The molecule has 0 saturated carbocycles. The maximum Gasteiger partial charge on any atom is 0.256 e. The molecule has 1 aliphatic heterocycles. The van der Waals surface area contributed by atoms with Crippen LogP contribution in [0.15, 0.2) is 52.1 Å². The van der Waals surface area contributed by atoms with Gasteiger partial charge in [-0.25, -0.2) is 9.97 Å². The first-order valence-electron chi connectivity index (χ1n) is 10.7. The number of pyridine rings is 1. The predicted octanol–water partition coefficient (Wildman–Crippen LogP) is 5.61. The number of thiazole rings is 1. The lowest BCUT2D eigenvalue weighted by Crippen LogP contribution is -2.38. The average Bonchev–Trinajstić information content (AvgIpc) is 3.40. The predicted molar refractivity (Wildman–Crippen MR) is 127 cm³/mol. The van der Waals surface area contributed by atoms with Gasteiger partial charge in [0.05, 0.1) is 26.5 Å². The summed E-state index contributed by atoms with van der Waals surface area (Å²) in [6, 6.07) is 12.0. The topological polar surface area (TPSA) is 72.1 Å². The van der Waals surface area contributed by atoms with Gasteiger partial charge in [-0.15, -0.1) is 23.1 Å². The summed E-state index contributed by atoms with van der Waals surface area (Å²) in [5.41, 5.74) is 3.69. The number of hydrogen-bond acceptors (Lipinski definition) is 7. The van der Waals surface area contributed by atoms with Crippen molar-refractivity contribution in [2.75, 3.05) is 13.1 Å². The van der Waals surface area contributed by atoms with Gasteiger partial charge in [-0.1, -0.05) is 17.3 Å². The fraction of sp³-hybridized carbons (Fsp3) is 0.333. The van der Waals surface area contributed by atoms with Crippen molar-refractivity contribution in [1.29, 1.82) is 0 Å². The quantitative estimate of drug-likeness (QED) is 0.358. The fourth-order valence-corrected chi connectivity index (χ4v) is 6.36. The summed E-state index contributed by atoms with van der Waals surface area (Å²) in [5, 5.41) is 5.96. The minimum Gasteiger partial charge on any atom is -0.361 e. The largest absolute Gasteiger partial charge is 0.361 e. The van der Waals surface area contributed by atoms with E-state index < -0.39 is 0 Å². The SMILES string of the molecule is Cc1noc(C)c1CSc1ncccc1C(=O)N1CCC(c2nc3ccccc3s2)CC1. The van der Waals surface area contributed by atoms with E-state index >= 15 is 0 Å². The number of nitrogens with zero attached hydrogens (tertiary/aromatic N) is 4. The highest BCUT2D eigenvalue weighted by atomic mass is 32.2. The van der Waals surface area contributed by atoms with Crippen molar-refractivity contribution >= 4 is 39.2 Å². The van der Waals surface area contributed by atoms with Gasteiger partial charge in [-0.3, -0.25) is 4.79 Å². The average molecular weight is 465 g/mol. The van der Waals surface area contributed by atoms with Crippen molar-refractivity contribution < 1.29 is 9.32 Å². The van der Waals surface area contributed by atoms with Crippen LogP contribution in [0.5, 0.6) is 0 Å². The standard InChI is InChI=1S/C24H24N4O2S2/c1-15-19(16(2)30-27-15)14-31-23-18(6-5-11-25-23)24(29)28-12-9-17(10-13-28)22-26-20-7-3-4-8-21(20)32-22/h3-8,11,17H,9-10,12-14H2,1-2H3. The summed E-state index contributed by atoms with van der Waals surface area (Å²) in [7, 11) is 0. The summed E-state index contributed by atoms with van der Waals surface area (Å²) >= 11 is 3.34. The van der Waals surface area contributed by atoms with E-state index in [9.17, 15) is 4.79 Å². The number of amides is 1. The van der Waals surface area contributed by atoms with Crippen molar-refractivity contribution in [2.45, 2.75) is 43.4 Å². The lowest BCUT2D eigenvalue weighted by molar-refractivity contribution is 0.0708. The van der Waals surface area contributed by atoms with Gasteiger partial charge in [-0.05, 0) is 51.0 Å². The molecule has 0 N–H and O–H groups in total. The molecule has 1 amide bonds. The van der Waals surface area contributed by atoms with E-state index in [4.69, 9.17) is 9.51 Å². The minimum absolute atomic E-state index is 0.0575. The molecule has 0 atom stereocenters. The Hall–Kier alpha value is -2.71. The smallest absolute Gasteiger partial charge is 0.256 e. The fourth-order valence-electron chi connectivity index (χ4n) is 4.08. The molecule has 4 aromatic rings. The molecule has 4 heterocycles. The molecule has 1 fully saturated rings. The number of carbonyl (C=O) groups is 1. The molecule has 0 spiro atoms. The number of likely N-dealkylation sites (tertiary alicyclic amines) is 1. The van der Waals surface area contributed by atoms with Crippen molar-refractivity contribution in [3.8, 4) is 0 Å². The molecular weight excluding hydrogens is 440 g/mol. The number of aromatic nitrogens is 3. The molecule has 0 aliphatic carbocycles. The van der Waals surface area contributed by atoms with Gasteiger partial charge in [0.2, 0.25) is 0 Å². The molecule has 164 valence electrons. The highest BCUT2D eigenvalue weighted by molar-refractivity contribution is 7.98. The Morgan fingerprint density at radius 1 is 1.19 bits per heavy atom. The molecule has 3 aromatic heterocycles. The van der Waals surface area contributed by atoms with E-state index in [1.54, 1.807) is 29.3 Å². The summed E-state index contributed by atoms with van der Waals surface area (Å²) in [5.74, 6) is 1.97. The van der Waals surface area contributed by atoms with Crippen molar-refractivity contribution in [1.82, 2.24) is 20.0 Å². The number of rotatable bonds is 5. The normalized spacial score (nSPS) is 14.9.